The standard InChI is InChI=1S/C8H10O2S/c1-3-10-8(9)7-4-6(2)5-11-7/h4-5H,3H2,1-2H3. The summed E-state index contributed by atoms with van der Waals surface area (Å²) in [7, 11) is 0. The zero-order chi connectivity index (χ0) is 8.27. The number of aryl methyl sites for hydroxylation is 1. The molecule has 0 aromatic carbocycles. The zero-order valence-corrected chi connectivity index (χ0v) is 7.40. The molecule has 11 heavy (non-hydrogen) atoms. The maximum Gasteiger partial charge on any atom is 0.348 e. The fourth-order valence-electron chi connectivity index (χ4n) is 0.741. The van der Waals surface area contributed by atoms with Gasteiger partial charge in [0, 0.05) is 0 Å². The molecule has 1 heterocycles. The van der Waals surface area contributed by atoms with Crippen LogP contribution in [0.25, 0.3) is 0 Å². The zero-order valence-electron chi connectivity index (χ0n) is 6.59. The van der Waals surface area contributed by atoms with Gasteiger partial charge in [0.15, 0.2) is 0 Å². The predicted molar refractivity (Wildman–Crippen MR) is 45.0 cm³/mol. The van der Waals surface area contributed by atoms with Crippen molar-refractivity contribution in [2.45, 2.75) is 13.8 Å². The van der Waals surface area contributed by atoms with E-state index in [0.29, 0.717) is 11.5 Å². The van der Waals surface area contributed by atoms with Crippen LogP contribution in [-0.4, -0.2) is 12.6 Å². The van der Waals surface area contributed by atoms with Crippen molar-refractivity contribution in [3.63, 3.8) is 0 Å². The van der Waals surface area contributed by atoms with Crippen molar-refractivity contribution in [3.05, 3.63) is 21.9 Å². The van der Waals surface area contributed by atoms with Gasteiger partial charge in [0.05, 0.1) is 6.61 Å². The van der Waals surface area contributed by atoms with Gasteiger partial charge in [-0.25, -0.2) is 4.79 Å². The van der Waals surface area contributed by atoms with E-state index in [2.05, 4.69) is 0 Å². The molecule has 0 N–H and O–H groups in total. The Balaban J connectivity index is 2.69. The topological polar surface area (TPSA) is 26.3 Å². The average Bonchev–Trinajstić information content (AvgIpc) is 2.36. The van der Waals surface area contributed by atoms with Gasteiger partial charge in [0.1, 0.15) is 4.88 Å². The Hall–Kier alpha value is -0.830. The third kappa shape index (κ3) is 2.05. The highest BCUT2D eigenvalue weighted by Crippen LogP contribution is 2.14. The highest BCUT2D eigenvalue weighted by atomic mass is 32.1. The Morgan fingerprint density at radius 3 is 2.91 bits per heavy atom. The van der Waals surface area contributed by atoms with Crippen LogP contribution in [0.2, 0.25) is 0 Å². The summed E-state index contributed by atoms with van der Waals surface area (Å²) in [5.74, 6) is -0.217. The second kappa shape index (κ2) is 3.53. The Morgan fingerprint density at radius 2 is 2.45 bits per heavy atom. The summed E-state index contributed by atoms with van der Waals surface area (Å²) in [5, 5.41) is 1.94. The molecule has 0 radical (unpaired) electrons. The molecule has 60 valence electrons. The lowest BCUT2D eigenvalue weighted by molar-refractivity contribution is 0.0532. The molecule has 1 aromatic heterocycles. The number of hydrogen-bond acceptors (Lipinski definition) is 3. The SMILES string of the molecule is CCOC(=O)c1cc(C)cs1. The van der Waals surface area contributed by atoms with Crippen molar-refractivity contribution in [3.8, 4) is 0 Å². The van der Waals surface area contributed by atoms with Gasteiger partial charge < -0.3 is 4.74 Å². The van der Waals surface area contributed by atoms with E-state index < -0.39 is 0 Å². The second-order valence-electron chi connectivity index (χ2n) is 2.21. The maximum atomic E-state index is 11.0. The summed E-state index contributed by atoms with van der Waals surface area (Å²) in [5.41, 5.74) is 1.11. The van der Waals surface area contributed by atoms with Crippen molar-refractivity contribution in [1.82, 2.24) is 0 Å². The van der Waals surface area contributed by atoms with Crippen LogP contribution in [0.3, 0.4) is 0 Å². The molecule has 0 aliphatic carbocycles. The number of esters is 1. The minimum absolute atomic E-state index is 0.217. The third-order valence-corrected chi connectivity index (χ3v) is 2.24. The lowest BCUT2D eigenvalue weighted by atomic mass is 10.3. The smallest absolute Gasteiger partial charge is 0.348 e. The first-order valence-corrected chi connectivity index (χ1v) is 4.34. The molecule has 0 atom stereocenters. The maximum absolute atomic E-state index is 11.0. The van der Waals surface area contributed by atoms with Crippen molar-refractivity contribution in [1.29, 1.82) is 0 Å². The van der Waals surface area contributed by atoms with E-state index >= 15 is 0 Å². The van der Waals surface area contributed by atoms with E-state index in [9.17, 15) is 4.79 Å². The van der Waals surface area contributed by atoms with E-state index in [1.807, 2.05) is 18.4 Å². The van der Waals surface area contributed by atoms with Gasteiger partial charge in [-0.05, 0) is 30.9 Å². The number of carbonyl (C=O) groups is 1. The Morgan fingerprint density at radius 1 is 1.73 bits per heavy atom. The fourth-order valence-corrected chi connectivity index (χ4v) is 1.53. The summed E-state index contributed by atoms with van der Waals surface area (Å²) >= 11 is 1.42. The number of hydrogen-bond donors (Lipinski definition) is 0. The molecule has 1 rings (SSSR count). The van der Waals surface area contributed by atoms with Gasteiger partial charge in [-0.15, -0.1) is 11.3 Å². The first kappa shape index (κ1) is 8.27. The van der Waals surface area contributed by atoms with Crippen LogP contribution in [0.4, 0.5) is 0 Å². The van der Waals surface area contributed by atoms with E-state index in [0.717, 1.165) is 5.56 Å². The molecule has 0 saturated carbocycles. The minimum atomic E-state index is -0.217. The average molecular weight is 170 g/mol. The number of thiophene rings is 1. The minimum Gasteiger partial charge on any atom is -0.462 e. The predicted octanol–water partition coefficient (Wildman–Crippen LogP) is 2.23. The molecule has 0 aliphatic heterocycles. The molecule has 1 aromatic rings. The molecule has 0 fully saturated rings. The third-order valence-electron chi connectivity index (χ3n) is 1.21. The summed E-state index contributed by atoms with van der Waals surface area (Å²) in [6.07, 6.45) is 0. The van der Waals surface area contributed by atoms with Crippen molar-refractivity contribution in [2.24, 2.45) is 0 Å². The lowest BCUT2D eigenvalue weighted by Crippen LogP contribution is -2.01. The van der Waals surface area contributed by atoms with E-state index in [1.54, 1.807) is 6.92 Å². The first-order chi connectivity index (χ1) is 5.24. The van der Waals surface area contributed by atoms with E-state index in [1.165, 1.54) is 11.3 Å². The number of carbonyl (C=O) groups excluding carboxylic acids is 1. The van der Waals surface area contributed by atoms with Gasteiger partial charge in [-0.3, -0.25) is 0 Å². The molecule has 0 saturated heterocycles. The second-order valence-corrected chi connectivity index (χ2v) is 3.12. The van der Waals surface area contributed by atoms with Gasteiger partial charge in [0.25, 0.3) is 0 Å². The molecule has 2 nitrogen and oxygen atoms in total. The molecule has 3 heteroatoms. The van der Waals surface area contributed by atoms with Crippen molar-refractivity contribution in [2.75, 3.05) is 6.61 Å². The Bertz CT molecular complexity index is 252. The fraction of sp³-hybridized carbons (Fsp3) is 0.375. The summed E-state index contributed by atoms with van der Waals surface area (Å²) in [4.78, 5) is 11.7. The molecule has 0 amide bonds. The Kier molecular flexibility index (Phi) is 2.65. The summed E-state index contributed by atoms with van der Waals surface area (Å²) in [6.45, 7) is 4.20. The number of ether oxygens (including phenoxy) is 1. The highest BCUT2D eigenvalue weighted by molar-refractivity contribution is 7.12. The number of rotatable bonds is 2. The van der Waals surface area contributed by atoms with Crippen LogP contribution in [0.1, 0.15) is 22.2 Å². The molecule has 0 bridgehead atoms. The molecular formula is C8H10O2S. The van der Waals surface area contributed by atoms with Gasteiger partial charge in [-0.2, -0.15) is 0 Å². The van der Waals surface area contributed by atoms with Crippen LogP contribution >= 0.6 is 11.3 Å². The van der Waals surface area contributed by atoms with Crippen LogP contribution in [0, 0.1) is 6.92 Å². The highest BCUT2D eigenvalue weighted by Gasteiger charge is 2.07. The lowest BCUT2D eigenvalue weighted by Gasteiger charge is -1.95. The van der Waals surface area contributed by atoms with Gasteiger partial charge >= 0.3 is 5.97 Å². The Labute approximate surface area is 69.8 Å². The van der Waals surface area contributed by atoms with Crippen LogP contribution in [-0.2, 0) is 4.74 Å². The van der Waals surface area contributed by atoms with Gasteiger partial charge in [0.2, 0.25) is 0 Å². The van der Waals surface area contributed by atoms with Crippen LogP contribution < -0.4 is 0 Å². The molecule has 0 spiro atoms. The largest absolute Gasteiger partial charge is 0.462 e. The van der Waals surface area contributed by atoms with Gasteiger partial charge in [-0.1, -0.05) is 0 Å². The normalized spacial score (nSPS) is 9.64. The van der Waals surface area contributed by atoms with E-state index in [4.69, 9.17) is 4.74 Å². The quantitative estimate of drug-likeness (QED) is 0.636. The van der Waals surface area contributed by atoms with E-state index in [-0.39, 0.29) is 5.97 Å². The molecule has 0 aliphatic rings. The summed E-state index contributed by atoms with van der Waals surface area (Å²) < 4.78 is 4.81. The summed E-state index contributed by atoms with van der Waals surface area (Å²) in [6, 6.07) is 1.84. The molecule has 0 unspecified atom stereocenters. The monoisotopic (exact) mass is 170 g/mol. The van der Waals surface area contributed by atoms with Crippen molar-refractivity contribution < 1.29 is 9.53 Å². The van der Waals surface area contributed by atoms with Crippen molar-refractivity contribution >= 4 is 17.3 Å². The first-order valence-electron chi connectivity index (χ1n) is 3.46. The molecular weight excluding hydrogens is 160 g/mol. The van der Waals surface area contributed by atoms with Crippen LogP contribution in [0.15, 0.2) is 11.4 Å². The van der Waals surface area contributed by atoms with Crippen LogP contribution in [0.5, 0.6) is 0 Å².